The molecule has 7 nitrogen and oxygen atoms in total. The second-order valence-electron chi connectivity index (χ2n) is 7.94. The molecule has 0 saturated carbocycles. The smallest absolute Gasteiger partial charge is 0.322 e. The summed E-state index contributed by atoms with van der Waals surface area (Å²) in [6.45, 7) is 4.55. The zero-order valence-corrected chi connectivity index (χ0v) is 18.8. The third kappa shape index (κ3) is 4.93. The summed E-state index contributed by atoms with van der Waals surface area (Å²) in [7, 11) is 0. The maximum Gasteiger partial charge on any atom is 0.322 e. The molecule has 4 amide bonds. The van der Waals surface area contributed by atoms with Gasteiger partial charge in [0, 0.05) is 18.1 Å². The lowest BCUT2D eigenvalue weighted by molar-refractivity contribution is -0.131. The van der Waals surface area contributed by atoms with Crippen molar-refractivity contribution < 1.29 is 14.4 Å². The molecule has 0 bridgehead atoms. The first-order chi connectivity index (χ1) is 16.0. The summed E-state index contributed by atoms with van der Waals surface area (Å²) in [5.41, 5.74) is 2.88. The molecule has 2 aliphatic heterocycles. The van der Waals surface area contributed by atoms with Gasteiger partial charge in [0.1, 0.15) is 6.54 Å². The van der Waals surface area contributed by atoms with Crippen molar-refractivity contribution in [3.8, 4) is 0 Å². The lowest BCUT2D eigenvalue weighted by atomic mass is 9.95. The van der Waals surface area contributed by atoms with Gasteiger partial charge in [0.25, 0.3) is 5.91 Å². The fourth-order valence-corrected chi connectivity index (χ4v) is 4.35. The van der Waals surface area contributed by atoms with Gasteiger partial charge in [-0.15, -0.1) is 6.58 Å². The Morgan fingerprint density at radius 2 is 1.97 bits per heavy atom. The van der Waals surface area contributed by atoms with Gasteiger partial charge in [0.2, 0.25) is 5.91 Å². The summed E-state index contributed by atoms with van der Waals surface area (Å²) in [5.74, 6) is -0.518. The van der Waals surface area contributed by atoms with Crippen LogP contribution in [0, 0.1) is 0 Å². The van der Waals surface area contributed by atoms with Crippen LogP contribution < -0.4 is 10.6 Å². The van der Waals surface area contributed by atoms with Crippen LogP contribution in [0.25, 0.3) is 0 Å². The van der Waals surface area contributed by atoms with Crippen LogP contribution in [0.5, 0.6) is 0 Å². The maximum absolute atomic E-state index is 13.3. The van der Waals surface area contributed by atoms with E-state index >= 15 is 0 Å². The average molecular weight is 465 g/mol. The van der Waals surface area contributed by atoms with Crippen LogP contribution in [-0.4, -0.2) is 53.8 Å². The predicted octanol–water partition coefficient (Wildman–Crippen LogP) is 3.05. The van der Waals surface area contributed by atoms with Gasteiger partial charge in [-0.1, -0.05) is 60.1 Å². The molecular formula is C25H25ClN4O3. The Labute approximate surface area is 197 Å². The molecule has 170 valence electrons. The highest BCUT2D eigenvalue weighted by molar-refractivity contribution is 6.30. The summed E-state index contributed by atoms with van der Waals surface area (Å²) in [4.78, 5) is 41.7. The number of benzene rings is 2. The van der Waals surface area contributed by atoms with Gasteiger partial charge < -0.3 is 15.5 Å². The average Bonchev–Trinajstić information content (AvgIpc) is 3.12. The molecule has 2 aliphatic rings. The first-order valence-corrected chi connectivity index (χ1v) is 11.1. The first kappa shape index (κ1) is 22.6. The number of urea groups is 1. The molecule has 4 rings (SSSR count). The second-order valence-corrected chi connectivity index (χ2v) is 8.38. The van der Waals surface area contributed by atoms with Crippen molar-refractivity contribution in [2.75, 3.05) is 26.2 Å². The summed E-state index contributed by atoms with van der Waals surface area (Å²) >= 11 is 6.15. The van der Waals surface area contributed by atoms with E-state index in [9.17, 15) is 14.4 Å². The van der Waals surface area contributed by atoms with E-state index in [-0.39, 0.29) is 37.5 Å². The van der Waals surface area contributed by atoms with Crippen LogP contribution in [0.4, 0.5) is 4.79 Å². The number of carbonyl (C=O) groups is 3. The van der Waals surface area contributed by atoms with Crippen LogP contribution in [0.2, 0.25) is 5.02 Å². The van der Waals surface area contributed by atoms with E-state index in [0.717, 1.165) is 5.56 Å². The van der Waals surface area contributed by atoms with E-state index in [4.69, 9.17) is 11.6 Å². The second kappa shape index (κ2) is 9.92. The molecule has 1 atom stereocenters. The van der Waals surface area contributed by atoms with Crippen molar-refractivity contribution in [2.24, 2.45) is 0 Å². The molecule has 0 radical (unpaired) electrons. The lowest BCUT2D eigenvalue weighted by Crippen LogP contribution is -2.47. The number of carbonyl (C=O) groups excluding carboxylic acids is 3. The fourth-order valence-electron chi connectivity index (χ4n) is 4.15. The lowest BCUT2D eigenvalue weighted by Gasteiger charge is -2.33. The normalized spacial score (nSPS) is 17.7. The number of nitrogens with zero attached hydrogens (tertiary/aromatic N) is 2. The van der Waals surface area contributed by atoms with Crippen LogP contribution >= 0.6 is 11.6 Å². The summed E-state index contributed by atoms with van der Waals surface area (Å²) in [5, 5.41) is 6.28. The molecule has 2 aromatic rings. The Morgan fingerprint density at radius 1 is 1.18 bits per heavy atom. The fraction of sp³-hybridized carbons (Fsp3) is 0.240. The molecule has 2 N–H and O–H groups in total. The number of amides is 4. The summed E-state index contributed by atoms with van der Waals surface area (Å²) in [6, 6.07) is 16.0. The zero-order chi connectivity index (χ0) is 23.4. The van der Waals surface area contributed by atoms with Gasteiger partial charge in [0.05, 0.1) is 23.9 Å². The summed E-state index contributed by atoms with van der Waals surface area (Å²) < 4.78 is 0. The van der Waals surface area contributed by atoms with Gasteiger partial charge in [-0.25, -0.2) is 4.79 Å². The van der Waals surface area contributed by atoms with Crippen molar-refractivity contribution in [1.82, 2.24) is 20.4 Å². The van der Waals surface area contributed by atoms with E-state index in [1.54, 1.807) is 24.3 Å². The SMILES string of the molecule is C=CCN1C(=O)NC(c2cccc(Cl)c2)C2=C1CN(CC(=O)NCCc1ccccc1)C2=O. The highest BCUT2D eigenvalue weighted by Gasteiger charge is 2.44. The molecule has 8 heteroatoms. The van der Waals surface area contributed by atoms with Crippen molar-refractivity contribution in [2.45, 2.75) is 12.5 Å². The highest BCUT2D eigenvalue weighted by Crippen LogP contribution is 2.36. The van der Waals surface area contributed by atoms with Crippen LogP contribution in [0.3, 0.4) is 0 Å². The predicted molar refractivity (Wildman–Crippen MR) is 126 cm³/mol. The summed E-state index contributed by atoms with van der Waals surface area (Å²) in [6.07, 6.45) is 2.31. The maximum atomic E-state index is 13.3. The molecule has 2 heterocycles. The molecule has 0 aliphatic carbocycles. The molecule has 2 aromatic carbocycles. The highest BCUT2D eigenvalue weighted by atomic mass is 35.5. The molecule has 1 unspecified atom stereocenters. The van der Waals surface area contributed by atoms with Gasteiger partial charge in [-0.2, -0.15) is 0 Å². The minimum absolute atomic E-state index is 0.0843. The van der Waals surface area contributed by atoms with Crippen LogP contribution in [0.1, 0.15) is 17.2 Å². The number of nitrogens with one attached hydrogen (secondary N) is 2. The monoisotopic (exact) mass is 464 g/mol. The molecule has 0 fully saturated rings. The van der Waals surface area contributed by atoms with Gasteiger partial charge in [-0.05, 0) is 29.7 Å². The van der Waals surface area contributed by atoms with Crippen molar-refractivity contribution >= 4 is 29.4 Å². The zero-order valence-electron chi connectivity index (χ0n) is 18.1. The largest absolute Gasteiger partial charge is 0.354 e. The minimum atomic E-state index is -0.633. The van der Waals surface area contributed by atoms with E-state index in [1.807, 2.05) is 36.4 Å². The number of halogens is 1. The number of hydrogen-bond donors (Lipinski definition) is 2. The molecular weight excluding hydrogens is 440 g/mol. The minimum Gasteiger partial charge on any atom is -0.354 e. The van der Waals surface area contributed by atoms with Crippen LogP contribution in [0.15, 0.2) is 78.5 Å². The quantitative estimate of drug-likeness (QED) is 0.589. The van der Waals surface area contributed by atoms with E-state index in [0.29, 0.717) is 34.8 Å². The Balaban J connectivity index is 1.48. The Kier molecular flexibility index (Phi) is 6.79. The van der Waals surface area contributed by atoms with E-state index < -0.39 is 6.04 Å². The molecule has 0 aromatic heterocycles. The Morgan fingerprint density at radius 3 is 2.70 bits per heavy atom. The van der Waals surface area contributed by atoms with Gasteiger partial charge >= 0.3 is 6.03 Å². The number of hydrogen-bond acceptors (Lipinski definition) is 3. The molecule has 0 spiro atoms. The van der Waals surface area contributed by atoms with Crippen molar-refractivity contribution in [1.29, 1.82) is 0 Å². The van der Waals surface area contributed by atoms with Crippen molar-refractivity contribution in [3.05, 3.63) is 94.7 Å². The third-order valence-electron chi connectivity index (χ3n) is 5.70. The topological polar surface area (TPSA) is 81.8 Å². The van der Waals surface area contributed by atoms with Gasteiger partial charge in [-0.3, -0.25) is 14.5 Å². The Bertz CT molecular complexity index is 1120. The van der Waals surface area contributed by atoms with E-state index in [2.05, 4.69) is 17.2 Å². The molecule has 0 saturated heterocycles. The van der Waals surface area contributed by atoms with Gasteiger partial charge in [0.15, 0.2) is 0 Å². The first-order valence-electron chi connectivity index (χ1n) is 10.7. The van der Waals surface area contributed by atoms with E-state index in [1.165, 1.54) is 9.80 Å². The van der Waals surface area contributed by atoms with Crippen LogP contribution in [-0.2, 0) is 16.0 Å². The molecule has 33 heavy (non-hydrogen) atoms. The third-order valence-corrected chi connectivity index (χ3v) is 5.94. The standard InChI is InChI=1S/C25H25ClN4O3/c1-2-13-30-20-15-29(16-21(31)27-12-11-17-7-4-3-5-8-17)24(32)22(20)23(28-25(30)33)18-9-6-10-19(26)14-18/h2-10,14,23H,1,11-13,15-16H2,(H,27,31)(H,28,33). The van der Waals surface area contributed by atoms with Crippen molar-refractivity contribution in [3.63, 3.8) is 0 Å². The Hall–Kier alpha value is -3.58. The number of rotatable bonds is 8.